The van der Waals surface area contributed by atoms with Crippen LogP contribution < -0.4 is 5.73 Å². The molecule has 3 nitrogen and oxygen atoms in total. The molecule has 4 aromatic rings. The lowest BCUT2D eigenvalue weighted by molar-refractivity contribution is 0.748. The first-order chi connectivity index (χ1) is 12.3. The highest BCUT2D eigenvalue weighted by molar-refractivity contribution is 9.10. The maximum atomic E-state index is 5.70. The lowest BCUT2D eigenvalue weighted by atomic mass is 9.98. The first kappa shape index (κ1) is 16.3. The van der Waals surface area contributed by atoms with Crippen LogP contribution in [0.4, 0.5) is 0 Å². The van der Waals surface area contributed by atoms with Crippen LogP contribution in [0.15, 0.2) is 59.2 Å². The second kappa shape index (κ2) is 6.98. The summed E-state index contributed by atoms with van der Waals surface area (Å²) in [6, 6.07) is 16.8. The van der Waals surface area contributed by atoms with E-state index in [1.165, 1.54) is 22.2 Å². The highest BCUT2D eigenvalue weighted by atomic mass is 79.9. The molecule has 0 fully saturated rings. The van der Waals surface area contributed by atoms with Crippen LogP contribution in [0, 0.1) is 0 Å². The molecule has 0 aliphatic carbocycles. The summed E-state index contributed by atoms with van der Waals surface area (Å²) < 4.78 is 1.07. The summed E-state index contributed by atoms with van der Waals surface area (Å²) in [7, 11) is 0. The van der Waals surface area contributed by atoms with Gasteiger partial charge in [-0.05, 0) is 55.6 Å². The molecule has 4 heteroatoms. The predicted molar refractivity (Wildman–Crippen MR) is 109 cm³/mol. The molecule has 126 valence electrons. The number of benzene rings is 2. The minimum Gasteiger partial charge on any atom is -0.354 e. The second-order valence-electron chi connectivity index (χ2n) is 6.26. The summed E-state index contributed by atoms with van der Waals surface area (Å²) in [5.41, 5.74) is 11.6. The number of aromatic amines is 1. The fraction of sp³-hybridized carbons (Fsp3) is 0.190. The summed E-state index contributed by atoms with van der Waals surface area (Å²) in [6.45, 7) is 0.737. The molecule has 2 aromatic carbocycles. The Hall–Kier alpha value is -2.17. The first-order valence-electron chi connectivity index (χ1n) is 8.63. The quantitative estimate of drug-likeness (QED) is 0.444. The van der Waals surface area contributed by atoms with Gasteiger partial charge in [0.25, 0.3) is 0 Å². The number of nitrogens with two attached hydrogens (primary N) is 1. The molecule has 2 heterocycles. The first-order valence-corrected chi connectivity index (χ1v) is 9.42. The van der Waals surface area contributed by atoms with E-state index in [0.717, 1.165) is 46.7 Å². The number of H-pyrrole nitrogens is 1. The number of unbranched alkanes of at least 4 members (excludes halogenated alkanes) is 1. The second-order valence-corrected chi connectivity index (χ2v) is 7.12. The van der Waals surface area contributed by atoms with Crippen LogP contribution in [0.1, 0.15) is 18.4 Å². The third kappa shape index (κ3) is 2.96. The highest BCUT2D eigenvalue weighted by Crippen LogP contribution is 2.36. The molecule has 2 aromatic heterocycles. The molecule has 4 rings (SSSR count). The van der Waals surface area contributed by atoms with Gasteiger partial charge in [-0.25, -0.2) is 0 Å². The Balaban J connectivity index is 1.95. The van der Waals surface area contributed by atoms with E-state index in [1.54, 1.807) is 0 Å². The van der Waals surface area contributed by atoms with Crippen molar-refractivity contribution in [1.29, 1.82) is 0 Å². The minimum atomic E-state index is 0.737. The zero-order valence-corrected chi connectivity index (χ0v) is 15.5. The molecule has 0 atom stereocenters. The number of pyridine rings is 1. The summed E-state index contributed by atoms with van der Waals surface area (Å²) in [5.74, 6) is 0. The fourth-order valence-corrected chi connectivity index (χ4v) is 3.93. The van der Waals surface area contributed by atoms with Gasteiger partial charge in [0.1, 0.15) is 0 Å². The van der Waals surface area contributed by atoms with Crippen molar-refractivity contribution >= 4 is 37.7 Å². The van der Waals surface area contributed by atoms with Gasteiger partial charge in [-0.1, -0.05) is 40.2 Å². The number of aromatic nitrogens is 2. The number of fused-ring (bicyclic) bond motifs is 2. The van der Waals surface area contributed by atoms with E-state index in [4.69, 9.17) is 5.73 Å². The molecule has 0 unspecified atom stereocenters. The van der Waals surface area contributed by atoms with Crippen LogP contribution in [0.25, 0.3) is 33.1 Å². The van der Waals surface area contributed by atoms with Gasteiger partial charge in [0.05, 0.1) is 11.2 Å². The van der Waals surface area contributed by atoms with Crippen molar-refractivity contribution < 1.29 is 0 Å². The van der Waals surface area contributed by atoms with E-state index in [1.807, 2.05) is 12.3 Å². The third-order valence-electron chi connectivity index (χ3n) is 4.68. The van der Waals surface area contributed by atoms with E-state index >= 15 is 0 Å². The summed E-state index contributed by atoms with van der Waals surface area (Å²) in [6.07, 6.45) is 5.00. The van der Waals surface area contributed by atoms with Crippen molar-refractivity contribution in [3.05, 3.63) is 64.8 Å². The SMILES string of the molecule is NCCCCc1c(-c2ccc(Br)c3cccnc23)[nH]c2ccccc12. The fourth-order valence-electron chi connectivity index (χ4n) is 3.48. The van der Waals surface area contributed by atoms with Gasteiger partial charge in [-0.3, -0.25) is 4.98 Å². The van der Waals surface area contributed by atoms with E-state index in [9.17, 15) is 0 Å². The van der Waals surface area contributed by atoms with Crippen LogP contribution in [0.2, 0.25) is 0 Å². The molecule has 0 saturated heterocycles. The average Bonchev–Trinajstić information content (AvgIpc) is 3.01. The van der Waals surface area contributed by atoms with Crippen molar-refractivity contribution in [2.24, 2.45) is 5.73 Å². The monoisotopic (exact) mass is 393 g/mol. The normalized spacial score (nSPS) is 11.4. The average molecular weight is 394 g/mol. The molecular weight excluding hydrogens is 374 g/mol. The lowest BCUT2D eigenvalue weighted by Gasteiger charge is -2.09. The third-order valence-corrected chi connectivity index (χ3v) is 5.37. The predicted octanol–water partition coefficient (Wildman–Crippen LogP) is 5.43. The van der Waals surface area contributed by atoms with Gasteiger partial charge in [-0.2, -0.15) is 0 Å². The maximum Gasteiger partial charge on any atom is 0.0806 e. The molecule has 25 heavy (non-hydrogen) atoms. The Morgan fingerprint density at radius 1 is 0.960 bits per heavy atom. The standard InChI is InChI=1S/C21H20BrN3/c22-18-11-10-17(20-16(18)8-5-13-24-20)21-15(7-3-4-12-23)14-6-1-2-9-19(14)25-21/h1-2,5-6,8-11,13,25H,3-4,7,12,23H2. The zero-order valence-electron chi connectivity index (χ0n) is 13.9. The summed E-state index contributed by atoms with van der Waals surface area (Å²) >= 11 is 3.64. The van der Waals surface area contributed by atoms with Gasteiger partial charge in [0.2, 0.25) is 0 Å². The smallest absolute Gasteiger partial charge is 0.0806 e. The van der Waals surface area contributed by atoms with Gasteiger partial charge in [0, 0.05) is 32.5 Å². The topological polar surface area (TPSA) is 54.7 Å². The molecule has 3 N–H and O–H groups in total. The Bertz CT molecular complexity index is 1040. The van der Waals surface area contributed by atoms with E-state index in [2.05, 4.69) is 68.4 Å². The number of hydrogen-bond acceptors (Lipinski definition) is 2. The molecule has 0 bridgehead atoms. The number of nitrogens with zero attached hydrogens (tertiary/aromatic N) is 1. The van der Waals surface area contributed by atoms with Gasteiger partial charge < -0.3 is 10.7 Å². The molecule has 0 radical (unpaired) electrons. The van der Waals surface area contributed by atoms with Crippen LogP contribution in [0.5, 0.6) is 0 Å². The number of rotatable bonds is 5. The van der Waals surface area contributed by atoms with E-state index in [0.29, 0.717) is 0 Å². The van der Waals surface area contributed by atoms with Crippen molar-refractivity contribution in [2.45, 2.75) is 19.3 Å². The van der Waals surface area contributed by atoms with Crippen LogP contribution >= 0.6 is 15.9 Å². The molecule has 0 saturated carbocycles. The maximum absolute atomic E-state index is 5.70. The highest BCUT2D eigenvalue weighted by Gasteiger charge is 2.16. The minimum absolute atomic E-state index is 0.737. The molecule has 0 amide bonds. The molecular formula is C21H20BrN3. The Labute approximate surface area is 155 Å². The zero-order chi connectivity index (χ0) is 17.2. The molecule has 0 spiro atoms. The summed E-state index contributed by atoms with van der Waals surface area (Å²) in [5, 5.41) is 2.42. The number of halogens is 1. The van der Waals surface area contributed by atoms with E-state index < -0.39 is 0 Å². The number of nitrogens with one attached hydrogen (secondary N) is 1. The van der Waals surface area contributed by atoms with Crippen LogP contribution in [-0.4, -0.2) is 16.5 Å². The largest absolute Gasteiger partial charge is 0.354 e. The number of aryl methyl sites for hydroxylation is 1. The van der Waals surface area contributed by atoms with Crippen LogP contribution in [-0.2, 0) is 6.42 Å². The lowest BCUT2D eigenvalue weighted by Crippen LogP contribution is -1.99. The Morgan fingerprint density at radius 2 is 1.80 bits per heavy atom. The number of para-hydroxylation sites is 1. The Morgan fingerprint density at radius 3 is 2.68 bits per heavy atom. The molecule has 0 aliphatic heterocycles. The molecule has 0 aliphatic rings. The number of hydrogen-bond donors (Lipinski definition) is 2. The van der Waals surface area contributed by atoms with Crippen molar-refractivity contribution in [3.63, 3.8) is 0 Å². The Kier molecular flexibility index (Phi) is 4.55. The van der Waals surface area contributed by atoms with Crippen molar-refractivity contribution in [1.82, 2.24) is 9.97 Å². The summed E-state index contributed by atoms with van der Waals surface area (Å²) in [4.78, 5) is 8.29. The van der Waals surface area contributed by atoms with Crippen molar-refractivity contribution in [3.8, 4) is 11.3 Å². The van der Waals surface area contributed by atoms with Crippen LogP contribution in [0.3, 0.4) is 0 Å². The van der Waals surface area contributed by atoms with Gasteiger partial charge in [-0.15, -0.1) is 0 Å². The van der Waals surface area contributed by atoms with E-state index in [-0.39, 0.29) is 0 Å². The van der Waals surface area contributed by atoms with Gasteiger partial charge >= 0.3 is 0 Å². The van der Waals surface area contributed by atoms with Crippen molar-refractivity contribution in [2.75, 3.05) is 6.54 Å². The van der Waals surface area contributed by atoms with Gasteiger partial charge in [0.15, 0.2) is 0 Å².